The fraction of sp³-hybridized carbons (Fsp3) is 0.389. The second kappa shape index (κ2) is 7.84. The standard InChI is InChI=1S/C18H20FO7P/c1-18(2)11-24-27(21,25-12-18)17(15-8-5-9-22-15)26-16(20)10-23-14-7-4-3-6-13(14)19/h3-9,17H,10-12H2,1-2H3. The topological polar surface area (TPSA) is 84.2 Å². The molecule has 146 valence electrons. The van der Waals surface area contributed by atoms with E-state index in [1.54, 1.807) is 12.1 Å². The summed E-state index contributed by atoms with van der Waals surface area (Å²) < 4.78 is 53.2. The van der Waals surface area contributed by atoms with E-state index in [1.807, 2.05) is 13.8 Å². The van der Waals surface area contributed by atoms with Gasteiger partial charge in [-0.1, -0.05) is 26.0 Å². The molecule has 0 spiro atoms. The third-order valence-corrected chi connectivity index (χ3v) is 5.68. The molecule has 0 bridgehead atoms. The molecule has 2 heterocycles. The van der Waals surface area contributed by atoms with Gasteiger partial charge in [0.15, 0.2) is 23.9 Å². The molecule has 1 aromatic heterocycles. The highest BCUT2D eigenvalue weighted by atomic mass is 31.2. The van der Waals surface area contributed by atoms with E-state index >= 15 is 0 Å². The number of hydrogen-bond donors (Lipinski definition) is 0. The number of para-hydroxylation sites is 1. The van der Waals surface area contributed by atoms with Crippen molar-refractivity contribution in [3.63, 3.8) is 0 Å². The molecule has 1 aliphatic rings. The van der Waals surface area contributed by atoms with Crippen LogP contribution >= 0.6 is 7.60 Å². The summed E-state index contributed by atoms with van der Waals surface area (Å²) in [7, 11) is -3.82. The van der Waals surface area contributed by atoms with Gasteiger partial charge in [0.2, 0.25) is 0 Å². The average Bonchev–Trinajstić information content (AvgIpc) is 3.16. The van der Waals surface area contributed by atoms with Crippen LogP contribution in [0.1, 0.15) is 25.5 Å². The summed E-state index contributed by atoms with van der Waals surface area (Å²) >= 11 is 0. The van der Waals surface area contributed by atoms with Crippen LogP contribution in [0.3, 0.4) is 0 Å². The van der Waals surface area contributed by atoms with Gasteiger partial charge in [0.1, 0.15) is 0 Å². The van der Waals surface area contributed by atoms with Crippen molar-refractivity contribution in [3.8, 4) is 5.75 Å². The minimum absolute atomic E-state index is 0.0949. The Hall–Kier alpha value is -2.15. The maximum Gasteiger partial charge on any atom is 0.378 e. The van der Waals surface area contributed by atoms with Crippen molar-refractivity contribution in [2.45, 2.75) is 19.7 Å². The maximum absolute atomic E-state index is 13.6. The van der Waals surface area contributed by atoms with Gasteiger partial charge in [-0.15, -0.1) is 0 Å². The molecule has 0 radical (unpaired) electrons. The first-order valence-electron chi connectivity index (χ1n) is 8.28. The summed E-state index contributed by atoms with van der Waals surface area (Å²) in [6, 6.07) is 8.71. The van der Waals surface area contributed by atoms with Gasteiger partial charge < -0.3 is 22.9 Å². The van der Waals surface area contributed by atoms with Crippen LogP contribution in [0.25, 0.3) is 0 Å². The van der Waals surface area contributed by atoms with Crippen LogP contribution in [0.5, 0.6) is 5.75 Å². The third kappa shape index (κ3) is 4.77. The normalized spacial score (nSPS) is 19.2. The van der Waals surface area contributed by atoms with Crippen molar-refractivity contribution in [2.24, 2.45) is 5.41 Å². The zero-order chi connectivity index (χ0) is 19.5. The van der Waals surface area contributed by atoms with Crippen molar-refractivity contribution in [1.82, 2.24) is 0 Å². The number of halogens is 1. The molecule has 1 aromatic carbocycles. The first-order chi connectivity index (χ1) is 12.8. The maximum atomic E-state index is 13.6. The van der Waals surface area contributed by atoms with Crippen molar-refractivity contribution < 1.29 is 36.7 Å². The highest BCUT2D eigenvalue weighted by molar-refractivity contribution is 7.54. The number of carbonyl (C=O) groups excluding carboxylic acids is 1. The Bertz CT molecular complexity index is 820. The molecule has 3 rings (SSSR count). The molecule has 1 atom stereocenters. The molecular weight excluding hydrogens is 378 g/mol. The summed E-state index contributed by atoms with van der Waals surface area (Å²) in [6.45, 7) is 3.55. The first kappa shape index (κ1) is 19.6. The van der Waals surface area contributed by atoms with Gasteiger partial charge >= 0.3 is 13.6 Å². The van der Waals surface area contributed by atoms with Crippen molar-refractivity contribution >= 4 is 13.6 Å². The van der Waals surface area contributed by atoms with Crippen LogP contribution in [-0.4, -0.2) is 25.8 Å². The lowest BCUT2D eigenvalue weighted by Gasteiger charge is -2.36. The lowest BCUT2D eigenvalue weighted by Crippen LogP contribution is -2.31. The Balaban J connectivity index is 1.70. The Morgan fingerprint density at radius 3 is 2.56 bits per heavy atom. The lowest BCUT2D eigenvalue weighted by atomic mass is 9.97. The van der Waals surface area contributed by atoms with E-state index < -0.39 is 31.8 Å². The number of esters is 1. The molecule has 7 nitrogen and oxygen atoms in total. The van der Waals surface area contributed by atoms with Crippen LogP contribution in [0, 0.1) is 11.2 Å². The molecule has 0 aliphatic carbocycles. The Labute approximate surface area is 155 Å². The number of carbonyl (C=O) groups is 1. The zero-order valence-corrected chi connectivity index (χ0v) is 15.8. The Morgan fingerprint density at radius 1 is 1.22 bits per heavy atom. The number of ether oxygens (including phenoxy) is 2. The average molecular weight is 398 g/mol. The molecular formula is C18H20FO7P. The minimum Gasteiger partial charge on any atom is -0.479 e. The lowest BCUT2D eigenvalue weighted by molar-refractivity contribution is -0.150. The quantitative estimate of drug-likeness (QED) is 0.530. The zero-order valence-electron chi connectivity index (χ0n) is 14.9. The molecule has 9 heteroatoms. The van der Waals surface area contributed by atoms with Gasteiger partial charge in [-0.2, -0.15) is 0 Å². The van der Waals surface area contributed by atoms with Gasteiger partial charge in [0, 0.05) is 5.41 Å². The van der Waals surface area contributed by atoms with Gasteiger partial charge in [-0.05, 0) is 24.3 Å². The van der Waals surface area contributed by atoms with E-state index in [1.165, 1.54) is 30.5 Å². The van der Waals surface area contributed by atoms with E-state index in [0.29, 0.717) is 0 Å². The largest absolute Gasteiger partial charge is 0.479 e. The van der Waals surface area contributed by atoms with Crippen LogP contribution in [-0.2, 0) is 23.1 Å². The monoisotopic (exact) mass is 398 g/mol. The number of hydrogen-bond acceptors (Lipinski definition) is 7. The molecule has 0 N–H and O–H groups in total. The highest BCUT2D eigenvalue weighted by Crippen LogP contribution is 2.64. The van der Waals surface area contributed by atoms with E-state index in [-0.39, 0.29) is 30.1 Å². The number of rotatable bonds is 6. The highest BCUT2D eigenvalue weighted by Gasteiger charge is 2.47. The molecule has 27 heavy (non-hydrogen) atoms. The fourth-order valence-corrected chi connectivity index (χ4v) is 4.42. The van der Waals surface area contributed by atoms with Crippen LogP contribution < -0.4 is 4.74 Å². The Kier molecular flexibility index (Phi) is 5.69. The predicted octanol–water partition coefficient (Wildman–Crippen LogP) is 4.31. The summed E-state index contributed by atoms with van der Waals surface area (Å²) in [6.07, 6.45) is 1.35. The predicted molar refractivity (Wildman–Crippen MR) is 92.7 cm³/mol. The van der Waals surface area contributed by atoms with Crippen LogP contribution in [0.15, 0.2) is 47.1 Å². The molecule has 1 unspecified atom stereocenters. The summed E-state index contributed by atoms with van der Waals surface area (Å²) in [5, 5.41) is 0. The minimum atomic E-state index is -3.82. The summed E-state index contributed by atoms with van der Waals surface area (Å²) in [4.78, 5) is 12.2. The van der Waals surface area contributed by atoms with Crippen LogP contribution in [0.4, 0.5) is 4.39 Å². The Morgan fingerprint density at radius 2 is 1.93 bits per heavy atom. The van der Waals surface area contributed by atoms with Crippen LogP contribution in [0.2, 0.25) is 0 Å². The van der Waals surface area contributed by atoms with Gasteiger partial charge in [-0.25, -0.2) is 9.18 Å². The fourth-order valence-electron chi connectivity index (χ4n) is 2.31. The third-order valence-electron chi connectivity index (χ3n) is 3.77. The summed E-state index contributed by atoms with van der Waals surface area (Å²) in [5.74, 6) is -2.83. The summed E-state index contributed by atoms with van der Waals surface area (Å²) in [5.41, 5.74) is -0.320. The molecule has 1 fully saturated rings. The van der Waals surface area contributed by atoms with E-state index in [2.05, 4.69) is 0 Å². The molecule has 0 saturated carbocycles. The van der Waals surface area contributed by atoms with E-state index in [9.17, 15) is 13.8 Å². The molecule has 0 amide bonds. The smallest absolute Gasteiger partial charge is 0.378 e. The molecule has 1 saturated heterocycles. The number of benzene rings is 1. The molecule has 2 aromatic rings. The van der Waals surface area contributed by atoms with E-state index in [0.717, 1.165) is 0 Å². The van der Waals surface area contributed by atoms with Gasteiger partial charge in [0.25, 0.3) is 5.85 Å². The number of furan rings is 1. The SMILES string of the molecule is CC1(C)COP(=O)(C(OC(=O)COc2ccccc2F)c2ccco2)OC1. The van der Waals surface area contributed by atoms with Gasteiger partial charge in [-0.3, -0.25) is 4.57 Å². The van der Waals surface area contributed by atoms with Crippen molar-refractivity contribution in [2.75, 3.05) is 19.8 Å². The van der Waals surface area contributed by atoms with Crippen molar-refractivity contribution in [1.29, 1.82) is 0 Å². The second-order valence-corrected chi connectivity index (χ2v) is 8.89. The van der Waals surface area contributed by atoms with E-state index in [4.69, 9.17) is 22.9 Å². The molecule has 1 aliphatic heterocycles. The second-order valence-electron chi connectivity index (χ2n) is 6.83. The van der Waals surface area contributed by atoms with Crippen molar-refractivity contribution in [3.05, 3.63) is 54.2 Å². The first-order valence-corrected chi connectivity index (χ1v) is 9.89. The van der Waals surface area contributed by atoms with Gasteiger partial charge in [0.05, 0.1) is 19.5 Å².